The highest BCUT2D eigenvalue weighted by molar-refractivity contribution is 5.66. The summed E-state index contributed by atoms with van der Waals surface area (Å²) in [7, 11) is 0. The molecule has 0 saturated carbocycles. The highest BCUT2D eigenvalue weighted by atomic mass is 16.5. The molecule has 0 amide bonds. The first-order valence-corrected chi connectivity index (χ1v) is 11.2. The van der Waals surface area contributed by atoms with Gasteiger partial charge in [-0.05, 0) is 70.6 Å². The molecule has 4 nitrogen and oxygen atoms in total. The first-order chi connectivity index (χ1) is 13.8. The molecule has 1 aromatic carbocycles. The van der Waals surface area contributed by atoms with Crippen LogP contribution in [0.5, 0.6) is 11.5 Å². The minimum Gasteiger partial charge on any atom is -0.493 e. The number of carboxylic acids is 1. The van der Waals surface area contributed by atoms with Gasteiger partial charge in [0.05, 0.1) is 6.61 Å². The number of fused-ring (bicyclic) bond motifs is 3. The van der Waals surface area contributed by atoms with E-state index in [2.05, 4.69) is 45.9 Å². The van der Waals surface area contributed by atoms with E-state index in [4.69, 9.17) is 14.6 Å². The van der Waals surface area contributed by atoms with Gasteiger partial charge < -0.3 is 14.6 Å². The van der Waals surface area contributed by atoms with Crippen molar-refractivity contribution in [3.8, 4) is 11.5 Å². The van der Waals surface area contributed by atoms with E-state index in [1.54, 1.807) is 0 Å². The van der Waals surface area contributed by atoms with Crippen LogP contribution in [0.2, 0.25) is 0 Å². The number of carbonyl (C=O) groups is 1. The Balaban J connectivity index is 1.93. The molecule has 160 valence electrons. The minimum absolute atomic E-state index is 0.135. The summed E-state index contributed by atoms with van der Waals surface area (Å²) >= 11 is 0. The van der Waals surface area contributed by atoms with Crippen LogP contribution in [-0.2, 0) is 11.2 Å². The molecule has 4 heteroatoms. The zero-order valence-corrected chi connectivity index (χ0v) is 18.4. The van der Waals surface area contributed by atoms with Gasteiger partial charge >= 0.3 is 5.97 Å². The number of hydrogen-bond acceptors (Lipinski definition) is 3. The van der Waals surface area contributed by atoms with Gasteiger partial charge in [0.15, 0.2) is 0 Å². The van der Waals surface area contributed by atoms with Gasteiger partial charge in [-0.15, -0.1) is 0 Å². The molecular weight excluding hydrogens is 364 g/mol. The van der Waals surface area contributed by atoms with Gasteiger partial charge in [0.25, 0.3) is 0 Å². The number of aliphatic carboxylic acids is 1. The fraction of sp³-hybridized carbons (Fsp3) is 0.640. The number of carboxylic acid groups (broad SMARTS) is 1. The fourth-order valence-corrected chi connectivity index (χ4v) is 4.85. The number of aryl methyl sites for hydroxylation is 1. The second kappa shape index (κ2) is 9.23. The van der Waals surface area contributed by atoms with Crippen molar-refractivity contribution in [3.05, 3.63) is 34.9 Å². The predicted octanol–water partition coefficient (Wildman–Crippen LogP) is 6.27. The number of allylic oxidation sites excluding steroid dienone is 2. The lowest BCUT2D eigenvalue weighted by Crippen LogP contribution is -2.45. The molecule has 1 aliphatic heterocycles. The average molecular weight is 401 g/mol. The molecule has 2 atom stereocenters. The van der Waals surface area contributed by atoms with Crippen molar-refractivity contribution in [2.24, 2.45) is 5.92 Å². The van der Waals surface area contributed by atoms with E-state index >= 15 is 0 Å². The molecule has 0 bridgehead atoms. The Kier molecular flexibility index (Phi) is 6.92. The molecule has 0 unspecified atom stereocenters. The lowest BCUT2D eigenvalue weighted by Gasteiger charge is -2.47. The summed E-state index contributed by atoms with van der Waals surface area (Å²) in [5, 5.41) is 8.93. The van der Waals surface area contributed by atoms with Crippen molar-refractivity contribution in [3.63, 3.8) is 0 Å². The second-order valence-electron chi connectivity index (χ2n) is 9.22. The van der Waals surface area contributed by atoms with E-state index in [1.807, 2.05) is 0 Å². The fourth-order valence-electron chi connectivity index (χ4n) is 4.85. The van der Waals surface area contributed by atoms with Crippen LogP contribution in [0.1, 0.15) is 89.7 Å². The number of ether oxygens (including phenoxy) is 2. The number of benzene rings is 1. The van der Waals surface area contributed by atoms with E-state index < -0.39 is 5.97 Å². The highest BCUT2D eigenvalue weighted by Crippen LogP contribution is 2.54. The molecule has 1 aliphatic carbocycles. The van der Waals surface area contributed by atoms with E-state index in [9.17, 15) is 4.79 Å². The molecule has 0 spiro atoms. The smallest absolute Gasteiger partial charge is 0.303 e. The maximum Gasteiger partial charge on any atom is 0.303 e. The van der Waals surface area contributed by atoms with Crippen molar-refractivity contribution in [1.82, 2.24) is 0 Å². The van der Waals surface area contributed by atoms with Gasteiger partial charge in [0.1, 0.15) is 17.1 Å². The summed E-state index contributed by atoms with van der Waals surface area (Å²) in [6, 6.07) is 4.41. The maximum absolute atomic E-state index is 10.9. The number of rotatable bonds is 9. The summed E-state index contributed by atoms with van der Waals surface area (Å²) in [5.74, 6) is 1.90. The Bertz CT molecular complexity index is 762. The van der Waals surface area contributed by atoms with Crippen molar-refractivity contribution in [2.75, 3.05) is 6.61 Å². The summed E-state index contributed by atoms with van der Waals surface area (Å²) in [4.78, 5) is 10.9. The van der Waals surface area contributed by atoms with Gasteiger partial charge in [-0.2, -0.15) is 0 Å². The summed E-state index contributed by atoms with van der Waals surface area (Å²) in [6.45, 7) is 9.27. The molecule has 1 aromatic rings. The lowest BCUT2D eigenvalue weighted by atomic mass is 9.67. The molecule has 0 fully saturated rings. The normalized spacial score (nSPS) is 22.1. The topological polar surface area (TPSA) is 55.8 Å². The first-order valence-electron chi connectivity index (χ1n) is 11.2. The second-order valence-corrected chi connectivity index (χ2v) is 9.22. The molecule has 3 rings (SSSR count). The Hall–Kier alpha value is -1.97. The quantitative estimate of drug-likeness (QED) is 0.392. The van der Waals surface area contributed by atoms with Crippen molar-refractivity contribution in [2.45, 2.75) is 90.6 Å². The molecular formula is C25H36O4. The van der Waals surface area contributed by atoms with E-state index in [0.29, 0.717) is 24.9 Å². The third kappa shape index (κ3) is 5.15. The maximum atomic E-state index is 10.9. The zero-order valence-electron chi connectivity index (χ0n) is 18.4. The van der Waals surface area contributed by atoms with Crippen LogP contribution in [-0.4, -0.2) is 23.3 Å². The van der Waals surface area contributed by atoms with Crippen LogP contribution < -0.4 is 9.47 Å². The summed E-state index contributed by atoms with van der Waals surface area (Å²) in [6.07, 6.45) is 9.65. The Morgan fingerprint density at radius 1 is 1.28 bits per heavy atom. The van der Waals surface area contributed by atoms with Crippen LogP contribution >= 0.6 is 0 Å². The predicted molar refractivity (Wildman–Crippen MR) is 116 cm³/mol. The molecule has 2 aliphatic rings. The third-order valence-corrected chi connectivity index (χ3v) is 6.41. The first kappa shape index (κ1) is 21.7. The SMILES string of the molecule is CCCCCc1cc(OCCCC(=O)O)c2c(c1)OC(C)(C)[C@@H]1CC=C(C)C[C@@H]21. The number of unbranched alkanes of at least 4 members (excludes halogenated alkanes) is 2. The third-order valence-electron chi connectivity index (χ3n) is 6.41. The van der Waals surface area contributed by atoms with Crippen LogP contribution in [0.4, 0.5) is 0 Å². The average Bonchev–Trinajstić information content (AvgIpc) is 2.64. The van der Waals surface area contributed by atoms with Crippen molar-refractivity contribution < 1.29 is 19.4 Å². The largest absolute Gasteiger partial charge is 0.493 e. The highest BCUT2D eigenvalue weighted by Gasteiger charge is 2.45. The molecule has 1 N–H and O–H groups in total. The van der Waals surface area contributed by atoms with Gasteiger partial charge in [-0.1, -0.05) is 31.4 Å². The van der Waals surface area contributed by atoms with Crippen molar-refractivity contribution in [1.29, 1.82) is 0 Å². The Morgan fingerprint density at radius 3 is 2.79 bits per heavy atom. The minimum atomic E-state index is -0.776. The molecule has 0 aromatic heterocycles. The van der Waals surface area contributed by atoms with E-state index in [-0.39, 0.29) is 12.0 Å². The molecule has 0 saturated heterocycles. The van der Waals surface area contributed by atoms with Crippen LogP contribution in [0.15, 0.2) is 23.8 Å². The zero-order chi connectivity index (χ0) is 21.0. The summed E-state index contributed by atoms with van der Waals surface area (Å²) in [5.41, 5.74) is 3.66. The van der Waals surface area contributed by atoms with E-state index in [1.165, 1.54) is 29.5 Å². The Morgan fingerprint density at radius 2 is 2.07 bits per heavy atom. The lowest BCUT2D eigenvalue weighted by molar-refractivity contribution is -0.137. The molecule has 29 heavy (non-hydrogen) atoms. The molecule has 1 heterocycles. The molecule has 0 radical (unpaired) electrons. The van der Waals surface area contributed by atoms with E-state index in [0.717, 1.165) is 37.2 Å². The van der Waals surface area contributed by atoms with Gasteiger partial charge in [0.2, 0.25) is 0 Å². The van der Waals surface area contributed by atoms with Crippen LogP contribution in [0.25, 0.3) is 0 Å². The van der Waals surface area contributed by atoms with Gasteiger partial charge in [-0.25, -0.2) is 0 Å². The van der Waals surface area contributed by atoms with Gasteiger partial charge in [0, 0.05) is 23.8 Å². The van der Waals surface area contributed by atoms with Crippen LogP contribution in [0.3, 0.4) is 0 Å². The van der Waals surface area contributed by atoms with Gasteiger partial charge in [-0.3, -0.25) is 4.79 Å². The van der Waals surface area contributed by atoms with Crippen molar-refractivity contribution >= 4 is 5.97 Å². The van der Waals surface area contributed by atoms with Crippen LogP contribution in [0, 0.1) is 5.92 Å². The Labute approximate surface area is 175 Å². The summed E-state index contributed by atoms with van der Waals surface area (Å²) < 4.78 is 12.7. The monoisotopic (exact) mass is 400 g/mol. The number of hydrogen-bond donors (Lipinski definition) is 1. The standard InChI is InChI=1S/C25H36O4/c1-5-6-7-9-18-15-21(28-13-8-10-23(26)27)24-19-14-17(2)11-12-20(19)25(3,4)29-22(24)16-18/h11,15-16,19-20H,5-10,12-14H2,1-4H3,(H,26,27)/t19-,20-/m1/s1.